The third-order valence-corrected chi connectivity index (χ3v) is 6.66. The van der Waals surface area contributed by atoms with Gasteiger partial charge in [0.2, 0.25) is 0 Å². The Morgan fingerprint density at radius 3 is 2.43 bits per heavy atom. The van der Waals surface area contributed by atoms with Crippen molar-refractivity contribution in [1.29, 1.82) is 0 Å². The van der Waals surface area contributed by atoms with Crippen molar-refractivity contribution in [2.45, 2.75) is 13.0 Å². The number of nitrogens with one attached hydrogen (secondary N) is 1. The maximum atomic E-state index is 6.21. The van der Waals surface area contributed by atoms with Crippen LogP contribution >= 0.6 is 57.7 Å². The Morgan fingerprint density at radius 2 is 1.68 bits per heavy atom. The molecule has 0 saturated heterocycles. The zero-order valence-corrected chi connectivity index (χ0v) is 18.4. The second-order valence-corrected chi connectivity index (χ2v) is 8.77. The minimum Gasteiger partial charge on any atom is -0.311 e. The first-order chi connectivity index (χ1) is 13.5. The second kappa shape index (κ2) is 8.62. The van der Waals surface area contributed by atoms with E-state index in [0.717, 1.165) is 40.4 Å². The molecule has 3 nitrogen and oxygen atoms in total. The van der Waals surface area contributed by atoms with Crippen LogP contribution in [0.25, 0.3) is 16.2 Å². The van der Waals surface area contributed by atoms with Gasteiger partial charge < -0.3 is 5.32 Å². The molecule has 0 aliphatic rings. The summed E-state index contributed by atoms with van der Waals surface area (Å²) >= 11 is 25.9. The van der Waals surface area contributed by atoms with Crippen LogP contribution in [0.15, 0.2) is 48.0 Å². The number of fused-ring (bicyclic) bond motifs is 1. The van der Waals surface area contributed by atoms with E-state index in [2.05, 4.69) is 9.72 Å². The van der Waals surface area contributed by atoms with Gasteiger partial charge in [-0.3, -0.25) is 4.40 Å². The van der Waals surface area contributed by atoms with Gasteiger partial charge in [0.25, 0.3) is 0 Å². The number of thiazole rings is 1. The topological polar surface area (TPSA) is 29.3 Å². The molecule has 0 radical (unpaired) electrons. The van der Waals surface area contributed by atoms with E-state index < -0.39 is 0 Å². The van der Waals surface area contributed by atoms with Crippen LogP contribution in [0.1, 0.15) is 11.3 Å². The molecule has 0 unspecified atom stereocenters. The van der Waals surface area contributed by atoms with E-state index in [0.29, 0.717) is 26.6 Å². The van der Waals surface area contributed by atoms with Crippen molar-refractivity contribution in [1.82, 2.24) is 14.7 Å². The van der Waals surface area contributed by atoms with Crippen LogP contribution in [-0.4, -0.2) is 15.9 Å². The van der Waals surface area contributed by atoms with Crippen molar-refractivity contribution < 1.29 is 0 Å². The molecule has 8 heteroatoms. The molecule has 2 heterocycles. The number of hydrogen-bond acceptors (Lipinski definition) is 3. The zero-order valence-electron chi connectivity index (χ0n) is 14.6. The minimum absolute atomic E-state index is 0.522. The number of nitrogens with zero attached hydrogens (tertiary/aromatic N) is 2. The van der Waals surface area contributed by atoms with Gasteiger partial charge in [0.1, 0.15) is 0 Å². The standard InChI is InChI=1S/C20H15Cl4N3S/c21-14-3-1-12(9-16(14)23)5-6-25-11-18-19(26-20-27(18)7-8-28-20)13-2-4-15(22)17(24)10-13/h1-4,7-10,25H,5-6,11H2. The zero-order chi connectivity index (χ0) is 19.7. The fraction of sp³-hybridized carbons (Fsp3) is 0.150. The third kappa shape index (κ3) is 4.18. The molecule has 0 amide bonds. The Labute approximate surface area is 186 Å². The highest BCUT2D eigenvalue weighted by Gasteiger charge is 2.15. The molecule has 28 heavy (non-hydrogen) atoms. The molecule has 2 aromatic carbocycles. The minimum atomic E-state index is 0.522. The van der Waals surface area contributed by atoms with Crippen molar-refractivity contribution in [3.05, 3.63) is 79.3 Å². The summed E-state index contributed by atoms with van der Waals surface area (Å²) in [5.41, 5.74) is 4.09. The van der Waals surface area contributed by atoms with Crippen molar-refractivity contribution in [3.8, 4) is 11.3 Å². The van der Waals surface area contributed by atoms with Crippen LogP contribution in [0.4, 0.5) is 0 Å². The molecule has 0 aliphatic heterocycles. The average Bonchev–Trinajstić information content (AvgIpc) is 3.26. The molecule has 0 atom stereocenters. The van der Waals surface area contributed by atoms with E-state index in [-0.39, 0.29) is 0 Å². The van der Waals surface area contributed by atoms with Gasteiger partial charge in [0.05, 0.1) is 31.5 Å². The van der Waals surface area contributed by atoms with E-state index >= 15 is 0 Å². The monoisotopic (exact) mass is 469 g/mol. The van der Waals surface area contributed by atoms with E-state index in [9.17, 15) is 0 Å². The molecule has 0 spiro atoms. The first-order valence-electron chi connectivity index (χ1n) is 8.57. The third-order valence-electron chi connectivity index (χ3n) is 4.42. The number of aromatic nitrogens is 2. The lowest BCUT2D eigenvalue weighted by molar-refractivity contribution is 0.673. The Hall–Kier alpha value is -1.27. The number of benzene rings is 2. The lowest BCUT2D eigenvalue weighted by atomic mass is 10.1. The molecule has 0 bridgehead atoms. The Bertz CT molecular complexity index is 1140. The fourth-order valence-electron chi connectivity index (χ4n) is 3.01. The van der Waals surface area contributed by atoms with Gasteiger partial charge >= 0.3 is 0 Å². The summed E-state index contributed by atoms with van der Waals surface area (Å²) in [5, 5.41) is 7.74. The van der Waals surface area contributed by atoms with Crippen LogP contribution in [-0.2, 0) is 13.0 Å². The summed E-state index contributed by atoms with van der Waals surface area (Å²) < 4.78 is 2.11. The molecular formula is C20H15Cl4N3S. The normalized spacial score (nSPS) is 11.4. The van der Waals surface area contributed by atoms with Crippen LogP contribution in [0.2, 0.25) is 20.1 Å². The maximum Gasteiger partial charge on any atom is 0.194 e. The Morgan fingerprint density at radius 1 is 0.929 bits per heavy atom. The molecule has 4 rings (SSSR count). The van der Waals surface area contributed by atoms with Gasteiger partial charge in [-0.2, -0.15) is 0 Å². The largest absolute Gasteiger partial charge is 0.311 e. The lowest BCUT2D eigenvalue weighted by Gasteiger charge is -2.08. The first-order valence-corrected chi connectivity index (χ1v) is 11.0. The van der Waals surface area contributed by atoms with Crippen LogP contribution in [0.5, 0.6) is 0 Å². The molecule has 1 N–H and O–H groups in total. The van der Waals surface area contributed by atoms with E-state index in [1.54, 1.807) is 17.4 Å². The van der Waals surface area contributed by atoms with Crippen molar-refractivity contribution in [2.75, 3.05) is 6.54 Å². The van der Waals surface area contributed by atoms with Crippen molar-refractivity contribution >= 4 is 62.7 Å². The number of rotatable bonds is 6. The summed E-state index contributed by atoms with van der Waals surface area (Å²) in [6.07, 6.45) is 2.88. The van der Waals surface area contributed by atoms with Crippen molar-refractivity contribution in [2.24, 2.45) is 0 Å². The molecule has 0 saturated carbocycles. The van der Waals surface area contributed by atoms with Gasteiger partial charge in [0.15, 0.2) is 4.96 Å². The van der Waals surface area contributed by atoms with Gasteiger partial charge in [-0.15, -0.1) is 11.3 Å². The molecule has 0 fully saturated rings. The van der Waals surface area contributed by atoms with E-state index in [1.165, 1.54) is 0 Å². The van der Waals surface area contributed by atoms with Crippen LogP contribution in [0, 0.1) is 0 Å². The van der Waals surface area contributed by atoms with Crippen LogP contribution < -0.4 is 5.32 Å². The molecule has 0 aliphatic carbocycles. The predicted octanol–water partition coefficient (Wildman–Crippen LogP) is 7.01. The van der Waals surface area contributed by atoms with Gasteiger partial charge in [-0.05, 0) is 42.8 Å². The average molecular weight is 471 g/mol. The van der Waals surface area contributed by atoms with Gasteiger partial charge in [-0.25, -0.2) is 4.98 Å². The first kappa shape index (κ1) is 20.0. The SMILES string of the molecule is Clc1ccc(CCNCc2c(-c3ccc(Cl)c(Cl)c3)nc3sccn23)cc1Cl. The van der Waals surface area contributed by atoms with E-state index in [1.807, 2.05) is 41.9 Å². The highest BCUT2D eigenvalue weighted by atomic mass is 35.5. The maximum absolute atomic E-state index is 6.21. The quantitative estimate of drug-likeness (QED) is 0.307. The summed E-state index contributed by atoms with van der Waals surface area (Å²) in [6, 6.07) is 11.3. The summed E-state index contributed by atoms with van der Waals surface area (Å²) in [6.45, 7) is 1.48. The van der Waals surface area contributed by atoms with Crippen molar-refractivity contribution in [3.63, 3.8) is 0 Å². The number of hydrogen-bond donors (Lipinski definition) is 1. The predicted molar refractivity (Wildman–Crippen MR) is 120 cm³/mol. The molecule has 144 valence electrons. The van der Waals surface area contributed by atoms with Gasteiger partial charge in [-0.1, -0.05) is 58.5 Å². The lowest BCUT2D eigenvalue weighted by Crippen LogP contribution is -2.18. The Balaban J connectivity index is 1.52. The molecular weight excluding hydrogens is 456 g/mol. The highest BCUT2D eigenvalue weighted by molar-refractivity contribution is 7.15. The second-order valence-electron chi connectivity index (χ2n) is 6.27. The van der Waals surface area contributed by atoms with E-state index in [4.69, 9.17) is 51.4 Å². The summed E-state index contributed by atoms with van der Waals surface area (Å²) in [7, 11) is 0. The Kier molecular flexibility index (Phi) is 6.16. The molecule has 2 aromatic heterocycles. The van der Waals surface area contributed by atoms with Gasteiger partial charge in [0, 0.05) is 23.7 Å². The molecule has 4 aromatic rings. The number of imidazole rings is 1. The fourth-order valence-corrected chi connectivity index (χ4v) is 4.36. The highest BCUT2D eigenvalue weighted by Crippen LogP contribution is 2.31. The summed E-state index contributed by atoms with van der Waals surface area (Å²) in [5.74, 6) is 0. The smallest absolute Gasteiger partial charge is 0.194 e. The number of halogens is 4. The van der Waals surface area contributed by atoms with Crippen LogP contribution in [0.3, 0.4) is 0 Å². The summed E-state index contributed by atoms with van der Waals surface area (Å²) in [4.78, 5) is 5.73.